The van der Waals surface area contributed by atoms with Crippen LogP contribution < -0.4 is 5.73 Å². The monoisotopic (exact) mass is 261 g/mol. The van der Waals surface area contributed by atoms with Crippen LogP contribution in [0.25, 0.3) is 5.65 Å². The van der Waals surface area contributed by atoms with Gasteiger partial charge in [0.15, 0.2) is 0 Å². The van der Waals surface area contributed by atoms with E-state index in [9.17, 15) is 4.79 Å². The molecule has 19 heavy (non-hydrogen) atoms. The Labute approximate surface area is 109 Å². The zero-order valence-corrected chi connectivity index (χ0v) is 10.4. The number of piperidine rings is 1. The van der Waals surface area contributed by atoms with Crippen molar-refractivity contribution in [3.05, 3.63) is 24.2 Å². The highest BCUT2D eigenvalue weighted by Gasteiger charge is 2.25. The van der Waals surface area contributed by atoms with Crippen molar-refractivity contribution in [2.45, 2.75) is 18.8 Å². The molecule has 3 N–H and O–H groups in total. The quantitative estimate of drug-likeness (QED) is 0.803. The molecule has 0 bridgehead atoms. The maximum absolute atomic E-state index is 11.0. The summed E-state index contributed by atoms with van der Waals surface area (Å²) in [5, 5.41) is 9.07. The molecule has 1 aliphatic rings. The Morgan fingerprint density at radius 3 is 3.05 bits per heavy atom. The number of aromatic nitrogens is 3. The highest BCUT2D eigenvalue weighted by atomic mass is 16.4. The number of nitrogen functional groups attached to an aromatic ring is 1. The molecular weight excluding hydrogens is 246 g/mol. The Balaban J connectivity index is 1.91. The number of likely N-dealkylation sites (tertiary alicyclic amines) is 1. The van der Waals surface area contributed by atoms with Crippen LogP contribution in [-0.2, 0) is 0 Å². The zero-order valence-electron chi connectivity index (χ0n) is 10.4. The third-order valence-electron chi connectivity index (χ3n) is 3.61. The number of rotatable bonds is 1. The lowest BCUT2D eigenvalue weighted by atomic mass is 9.93. The minimum atomic E-state index is -0.854. The van der Waals surface area contributed by atoms with Crippen molar-refractivity contribution in [2.24, 2.45) is 0 Å². The first-order valence-corrected chi connectivity index (χ1v) is 6.21. The van der Waals surface area contributed by atoms with E-state index < -0.39 is 6.09 Å². The van der Waals surface area contributed by atoms with Gasteiger partial charge in [-0.1, -0.05) is 0 Å². The number of nitrogens with two attached hydrogens (primary N) is 1. The van der Waals surface area contributed by atoms with Gasteiger partial charge in [-0.25, -0.2) is 14.8 Å². The van der Waals surface area contributed by atoms with Crippen molar-refractivity contribution in [1.82, 2.24) is 19.3 Å². The molecule has 1 aliphatic heterocycles. The van der Waals surface area contributed by atoms with E-state index in [1.54, 1.807) is 4.40 Å². The van der Waals surface area contributed by atoms with Gasteiger partial charge < -0.3 is 15.7 Å². The van der Waals surface area contributed by atoms with E-state index in [0.717, 1.165) is 24.1 Å². The molecule has 2 aromatic heterocycles. The van der Waals surface area contributed by atoms with E-state index in [1.807, 2.05) is 12.3 Å². The largest absolute Gasteiger partial charge is 0.465 e. The third kappa shape index (κ3) is 2.07. The summed E-state index contributed by atoms with van der Waals surface area (Å²) in [4.78, 5) is 20.6. The summed E-state index contributed by atoms with van der Waals surface area (Å²) in [6, 6.07) is 1.95. The molecule has 7 nitrogen and oxygen atoms in total. The number of nitrogens with zero attached hydrogens (tertiary/aromatic N) is 4. The second-order valence-corrected chi connectivity index (χ2v) is 4.80. The maximum Gasteiger partial charge on any atom is 0.407 e. The van der Waals surface area contributed by atoms with Crippen LogP contribution in [-0.4, -0.2) is 43.6 Å². The Morgan fingerprint density at radius 2 is 2.32 bits per heavy atom. The van der Waals surface area contributed by atoms with Gasteiger partial charge in [-0.15, -0.1) is 0 Å². The van der Waals surface area contributed by atoms with Crippen LogP contribution in [0.4, 0.5) is 10.7 Å². The Bertz CT molecular complexity index is 624. The standard InChI is InChI=1S/C12H15N5O2/c13-11-15-7-14-10-4-9(6-17(10)11)8-2-1-3-16(5-8)12(18)19/h4,6-8H,1-3,5H2,(H,18,19)(H2,13,14,15). The number of hydrogen-bond acceptors (Lipinski definition) is 4. The molecule has 100 valence electrons. The number of fused-ring (bicyclic) bond motifs is 1. The predicted octanol–water partition coefficient (Wildman–Crippen LogP) is 1.17. The number of carboxylic acid groups (broad SMARTS) is 1. The fourth-order valence-electron chi connectivity index (χ4n) is 2.61. The van der Waals surface area contributed by atoms with Crippen LogP contribution in [0, 0.1) is 0 Å². The van der Waals surface area contributed by atoms with Gasteiger partial charge in [-0.3, -0.25) is 4.40 Å². The molecule has 1 amide bonds. The summed E-state index contributed by atoms with van der Waals surface area (Å²) < 4.78 is 1.73. The van der Waals surface area contributed by atoms with E-state index in [0.29, 0.717) is 19.0 Å². The van der Waals surface area contributed by atoms with Crippen molar-refractivity contribution >= 4 is 17.7 Å². The lowest BCUT2D eigenvalue weighted by Gasteiger charge is -2.30. The first kappa shape index (κ1) is 11.8. The second kappa shape index (κ2) is 4.42. The SMILES string of the molecule is Nc1ncnc2cc(C3CCCN(C(=O)O)C3)cn12. The van der Waals surface area contributed by atoms with Gasteiger partial charge in [0.25, 0.3) is 0 Å². The highest BCUT2D eigenvalue weighted by Crippen LogP contribution is 2.28. The number of carbonyl (C=O) groups is 1. The summed E-state index contributed by atoms with van der Waals surface area (Å²) in [5.41, 5.74) is 7.59. The molecule has 1 atom stereocenters. The minimum absolute atomic E-state index is 0.200. The van der Waals surface area contributed by atoms with Crippen LogP contribution in [0.2, 0.25) is 0 Å². The average molecular weight is 261 g/mol. The summed E-state index contributed by atoms with van der Waals surface area (Å²) in [6.45, 7) is 1.14. The van der Waals surface area contributed by atoms with Crippen LogP contribution in [0.3, 0.4) is 0 Å². The van der Waals surface area contributed by atoms with Gasteiger partial charge in [-0.05, 0) is 24.5 Å². The van der Waals surface area contributed by atoms with E-state index in [2.05, 4.69) is 9.97 Å². The van der Waals surface area contributed by atoms with Gasteiger partial charge in [0.2, 0.25) is 5.95 Å². The smallest absolute Gasteiger partial charge is 0.407 e. The normalized spacial score (nSPS) is 19.8. The van der Waals surface area contributed by atoms with E-state index in [-0.39, 0.29) is 5.92 Å². The minimum Gasteiger partial charge on any atom is -0.465 e. The van der Waals surface area contributed by atoms with Gasteiger partial charge in [0, 0.05) is 25.2 Å². The molecule has 1 saturated heterocycles. The van der Waals surface area contributed by atoms with Crippen LogP contribution in [0.5, 0.6) is 0 Å². The molecule has 0 spiro atoms. The van der Waals surface area contributed by atoms with Crippen molar-refractivity contribution < 1.29 is 9.90 Å². The van der Waals surface area contributed by atoms with Crippen molar-refractivity contribution in [3.8, 4) is 0 Å². The Morgan fingerprint density at radius 1 is 1.47 bits per heavy atom. The molecule has 0 aromatic carbocycles. The molecule has 2 aromatic rings. The molecule has 3 rings (SSSR count). The van der Waals surface area contributed by atoms with Crippen LogP contribution in [0.15, 0.2) is 18.6 Å². The average Bonchev–Trinajstić information content (AvgIpc) is 2.84. The van der Waals surface area contributed by atoms with E-state index in [1.165, 1.54) is 11.2 Å². The molecule has 3 heterocycles. The summed E-state index contributed by atoms with van der Waals surface area (Å²) in [7, 11) is 0. The van der Waals surface area contributed by atoms with E-state index >= 15 is 0 Å². The fourth-order valence-corrected chi connectivity index (χ4v) is 2.61. The zero-order chi connectivity index (χ0) is 13.4. The van der Waals surface area contributed by atoms with Crippen LogP contribution >= 0.6 is 0 Å². The van der Waals surface area contributed by atoms with Gasteiger partial charge in [-0.2, -0.15) is 0 Å². The Hall–Kier alpha value is -2.31. The highest BCUT2D eigenvalue weighted by molar-refractivity contribution is 5.65. The van der Waals surface area contributed by atoms with Gasteiger partial charge in [0.05, 0.1) is 0 Å². The second-order valence-electron chi connectivity index (χ2n) is 4.80. The maximum atomic E-state index is 11.0. The molecule has 1 unspecified atom stereocenters. The lowest BCUT2D eigenvalue weighted by Crippen LogP contribution is -2.37. The van der Waals surface area contributed by atoms with Crippen molar-refractivity contribution in [3.63, 3.8) is 0 Å². The van der Waals surface area contributed by atoms with Gasteiger partial charge >= 0.3 is 6.09 Å². The summed E-state index contributed by atoms with van der Waals surface area (Å²) in [6.07, 6.45) is 4.34. The van der Waals surface area contributed by atoms with Crippen molar-refractivity contribution in [2.75, 3.05) is 18.8 Å². The first-order valence-electron chi connectivity index (χ1n) is 6.21. The molecule has 0 saturated carbocycles. The van der Waals surface area contributed by atoms with Crippen LogP contribution in [0.1, 0.15) is 24.3 Å². The number of amides is 1. The molecular formula is C12H15N5O2. The van der Waals surface area contributed by atoms with Gasteiger partial charge in [0.1, 0.15) is 12.0 Å². The predicted molar refractivity (Wildman–Crippen MR) is 69.0 cm³/mol. The number of hydrogen-bond donors (Lipinski definition) is 2. The first-order chi connectivity index (χ1) is 9.15. The molecule has 0 radical (unpaired) electrons. The topological polar surface area (TPSA) is 96.8 Å². The van der Waals surface area contributed by atoms with Crippen molar-refractivity contribution in [1.29, 1.82) is 0 Å². The summed E-state index contributed by atoms with van der Waals surface area (Å²) in [5.74, 6) is 0.591. The number of anilines is 1. The molecule has 1 fully saturated rings. The summed E-state index contributed by atoms with van der Waals surface area (Å²) >= 11 is 0. The third-order valence-corrected chi connectivity index (χ3v) is 3.61. The Kier molecular flexibility index (Phi) is 2.73. The lowest BCUT2D eigenvalue weighted by molar-refractivity contribution is 0.130. The fraction of sp³-hybridized carbons (Fsp3) is 0.417. The molecule has 7 heteroatoms. The van der Waals surface area contributed by atoms with E-state index in [4.69, 9.17) is 10.8 Å². The molecule has 0 aliphatic carbocycles.